The Hall–Kier alpha value is -0.450. The Morgan fingerprint density at radius 3 is 2.73 bits per heavy atom. The Morgan fingerprint density at radius 1 is 1.60 bits per heavy atom. The molecule has 15 heavy (non-hydrogen) atoms. The van der Waals surface area contributed by atoms with Gasteiger partial charge in [-0.3, -0.25) is 0 Å². The molecule has 86 valence electrons. The van der Waals surface area contributed by atoms with Crippen molar-refractivity contribution in [3.05, 3.63) is 16.1 Å². The number of nitrogens with zero attached hydrogens (tertiary/aromatic N) is 1. The van der Waals surface area contributed by atoms with Gasteiger partial charge in [-0.25, -0.2) is 4.98 Å². The van der Waals surface area contributed by atoms with Gasteiger partial charge in [0.15, 0.2) is 0 Å². The molecule has 4 heteroatoms. The molecular weight excluding hydrogens is 208 g/mol. The number of aromatic nitrogens is 1. The van der Waals surface area contributed by atoms with Crippen molar-refractivity contribution in [2.75, 3.05) is 13.7 Å². The number of methoxy groups -OCH3 is 1. The lowest BCUT2D eigenvalue weighted by atomic mass is 10.1. The van der Waals surface area contributed by atoms with E-state index in [1.807, 2.05) is 12.4 Å². The first-order chi connectivity index (χ1) is 6.96. The van der Waals surface area contributed by atoms with Crippen molar-refractivity contribution in [3.8, 4) is 0 Å². The molecule has 0 bridgehead atoms. The first kappa shape index (κ1) is 12.6. The third-order valence-electron chi connectivity index (χ3n) is 2.56. The van der Waals surface area contributed by atoms with Crippen molar-refractivity contribution in [1.29, 1.82) is 0 Å². The summed E-state index contributed by atoms with van der Waals surface area (Å²) in [6.45, 7) is 9.19. The number of ether oxygens (including phenoxy) is 1. The molecule has 1 N–H and O–H groups in total. The van der Waals surface area contributed by atoms with Crippen molar-refractivity contribution in [3.63, 3.8) is 0 Å². The van der Waals surface area contributed by atoms with Gasteiger partial charge in [-0.15, -0.1) is 11.3 Å². The van der Waals surface area contributed by atoms with Crippen LogP contribution in [-0.4, -0.2) is 24.2 Å². The Morgan fingerprint density at radius 2 is 2.27 bits per heavy atom. The van der Waals surface area contributed by atoms with E-state index >= 15 is 0 Å². The summed E-state index contributed by atoms with van der Waals surface area (Å²) in [5.41, 5.74) is 2.90. The maximum Gasteiger partial charge on any atom is 0.0798 e. The zero-order valence-electron chi connectivity index (χ0n) is 10.1. The zero-order valence-corrected chi connectivity index (χ0v) is 10.9. The third-order valence-corrected chi connectivity index (χ3v) is 3.68. The highest BCUT2D eigenvalue weighted by Gasteiger charge is 2.18. The molecule has 0 fully saturated rings. The first-order valence-electron chi connectivity index (χ1n) is 5.15. The van der Waals surface area contributed by atoms with E-state index in [1.165, 1.54) is 4.88 Å². The number of aryl methyl sites for hydroxylation is 1. The second-order valence-corrected chi connectivity index (χ2v) is 5.25. The fourth-order valence-electron chi connectivity index (χ4n) is 1.29. The molecular formula is C11H20N2OS. The minimum absolute atomic E-state index is 0.118. The average Bonchev–Trinajstić information content (AvgIpc) is 2.61. The quantitative estimate of drug-likeness (QED) is 0.841. The monoisotopic (exact) mass is 228 g/mol. The molecule has 3 nitrogen and oxygen atoms in total. The van der Waals surface area contributed by atoms with Crippen LogP contribution in [0.1, 0.15) is 37.4 Å². The van der Waals surface area contributed by atoms with E-state index in [9.17, 15) is 0 Å². The van der Waals surface area contributed by atoms with E-state index in [2.05, 4.69) is 31.1 Å². The normalized spacial score (nSPS) is 14.2. The molecule has 1 heterocycles. The van der Waals surface area contributed by atoms with Crippen LogP contribution in [0.2, 0.25) is 0 Å². The molecule has 0 saturated carbocycles. The standard InChI is InChI=1S/C11H20N2OS/c1-8(10-9(2)13-7-15-10)12-6-11(3,4)14-5/h7-8,12H,6H2,1-5H3. The van der Waals surface area contributed by atoms with E-state index in [4.69, 9.17) is 4.74 Å². The molecule has 1 atom stereocenters. The number of hydrogen-bond donors (Lipinski definition) is 1. The second kappa shape index (κ2) is 5.05. The van der Waals surface area contributed by atoms with Gasteiger partial charge in [0.05, 0.1) is 16.8 Å². The van der Waals surface area contributed by atoms with Crippen LogP contribution in [0, 0.1) is 6.92 Å². The van der Waals surface area contributed by atoms with Gasteiger partial charge in [-0.1, -0.05) is 0 Å². The van der Waals surface area contributed by atoms with Gasteiger partial charge in [0.1, 0.15) is 0 Å². The molecule has 1 unspecified atom stereocenters. The molecule has 0 aliphatic heterocycles. The van der Waals surface area contributed by atoms with Gasteiger partial charge in [0.2, 0.25) is 0 Å². The Kier molecular flexibility index (Phi) is 4.25. The van der Waals surface area contributed by atoms with Crippen LogP contribution in [0.5, 0.6) is 0 Å². The van der Waals surface area contributed by atoms with Crippen molar-refractivity contribution >= 4 is 11.3 Å². The lowest BCUT2D eigenvalue weighted by Gasteiger charge is -2.25. The Labute approximate surface area is 95.9 Å². The first-order valence-corrected chi connectivity index (χ1v) is 6.03. The van der Waals surface area contributed by atoms with E-state index in [1.54, 1.807) is 18.4 Å². The molecule has 1 aromatic heterocycles. The number of rotatable bonds is 5. The van der Waals surface area contributed by atoms with Gasteiger partial charge in [-0.2, -0.15) is 0 Å². The van der Waals surface area contributed by atoms with Crippen LogP contribution in [-0.2, 0) is 4.74 Å². The van der Waals surface area contributed by atoms with E-state index in [0.717, 1.165) is 12.2 Å². The third kappa shape index (κ3) is 3.55. The summed E-state index contributed by atoms with van der Waals surface area (Å²) in [5, 5.41) is 3.46. The Balaban J connectivity index is 2.50. The molecule has 0 aromatic carbocycles. The summed E-state index contributed by atoms with van der Waals surface area (Å²) in [4.78, 5) is 5.56. The number of nitrogens with one attached hydrogen (secondary N) is 1. The van der Waals surface area contributed by atoms with Crippen LogP contribution in [0.25, 0.3) is 0 Å². The van der Waals surface area contributed by atoms with Crippen molar-refractivity contribution in [2.24, 2.45) is 0 Å². The van der Waals surface area contributed by atoms with Crippen LogP contribution < -0.4 is 5.32 Å². The molecule has 0 aliphatic carbocycles. The largest absolute Gasteiger partial charge is 0.377 e. The topological polar surface area (TPSA) is 34.1 Å². The highest BCUT2D eigenvalue weighted by Crippen LogP contribution is 2.21. The summed E-state index contributed by atoms with van der Waals surface area (Å²) in [6, 6.07) is 0.340. The maximum absolute atomic E-state index is 5.36. The zero-order chi connectivity index (χ0) is 11.5. The van der Waals surface area contributed by atoms with Crippen molar-refractivity contribution < 1.29 is 4.74 Å². The fraction of sp³-hybridized carbons (Fsp3) is 0.727. The molecule has 1 rings (SSSR count). The lowest BCUT2D eigenvalue weighted by molar-refractivity contribution is 0.0215. The predicted molar refractivity (Wildman–Crippen MR) is 64.4 cm³/mol. The summed E-state index contributed by atoms with van der Waals surface area (Å²) >= 11 is 1.70. The average molecular weight is 228 g/mol. The minimum atomic E-state index is -0.118. The lowest BCUT2D eigenvalue weighted by Crippen LogP contribution is -2.37. The summed E-state index contributed by atoms with van der Waals surface area (Å²) in [6.07, 6.45) is 0. The van der Waals surface area contributed by atoms with Crippen LogP contribution in [0.4, 0.5) is 0 Å². The van der Waals surface area contributed by atoms with E-state index in [-0.39, 0.29) is 5.60 Å². The molecule has 0 aliphatic rings. The van der Waals surface area contributed by atoms with Gasteiger partial charge < -0.3 is 10.1 Å². The molecule has 0 saturated heterocycles. The minimum Gasteiger partial charge on any atom is -0.377 e. The predicted octanol–water partition coefficient (Wildman–Crippen LogP) is 2.53. The summed E-state index contributed by atoms with van der Waals surface area (Å²) in [7, 11) is 1.74. The van der Waals surface area contributed by atoms with E-state index < -0.39 is 0 Å². The summed E-state index contributed by atoms with van der Waals surface area (Å²) < 4.78 is 5.36. The van der Waals surface area contributed by atoms with Crippen LogP contribution >= 0.6 is 11.3 Å². The van der Waals surface area contributed by atoms with Gasteiger partial charge in [0, 0.05) is 24.6 Å². The number of thiazole rings is 1. The van der Waals surface area contributed by atoms with Crippen molar-refractivity contribution in [2.45, 2.75) is 39.3 Å². The summed E-state index contributed by atoms with van der Waals surface area (Å²) in [5.74, 6) is 0. The van der Waals surface area contributed by atoms with Gasteiger partial charge in [0.25, 0.3) is 0 Å². The van der Waals surface area contributed by atoms with Crippen molar-refractivity contribution in [1.82, 2.24) is 10.3 Å². The fourth-order valence-corrected chi connectivity index (χ4v) is 2.13. The van der Waals surface area contributed by atoms with E-state index in [0.29, 0.717) is 6.04 Å². The molecule has 0 amide bonds. The molecule has 1 aromatic rings. The SMILES string of the molecule is COC(C)(C)CNC(C)c1scnc1C. The smallest absolute Gasteiger partial charge is 0.0798 e. The highest BCUT2D eigenvalue weighted by molar-refractivity contribution is 7.09. The van der Waals surface area contributed by atoms with Crippen LogP contribution in [0.3, 0.4) is 0 Å². The van der Waals surface area contributed by atoms with Crippen LogP contribution in [0.15, 0.2) is 5.51 Å². The highest BCUT2D eigenvalue weighted by atomic mass is 32.1. The van der Waals surface area contributed by atoms with Gasteiger partial charge >= 0.3 is 0 Å². The van der Waals surface area contributed by atoms with Gasteiger partial charge in [-0.05, 0) is 27.7 Å². The Bertz CT molecular complexity index is 309. The number of hydrogen-bond acceptors (Lipinski definition) is 4. The molecule has 0 spiro atoms. The molecule has 0 radical (unpaired) electrons. The second-order valence-electron chi connectivity index (χ2n) is 4.37. The maximum atomic E-state index is 5.36.